The van der Waals surface area contributed by atoms with Gasteiger partial charge in [0.15, 0.2) is 11.6 Å². The number of benzene rings is 1. The highest BCUT2D eigenvalue weighted by atomic mass is 15.4. The first-order valence-electron chi connectivity index (χ1n) is 9.50. The number of aromatic nitrogens is 6. The summed E-state index contributed by atoms with van der Waals surface area (Å²) >= 11 is 0. The molecule has 1 aromatic carbocycles. The first kappa shape index (κ1) is 16.2. The zero-order valence-corrected chi connectivity index (χ0v) is 15.6. The SMILES string of the molecule is Cc1cccnc1-n1nc(C2CC2)nc1CCn1c(C)nc2ccccc21. The van der Waals surface area contributed by atoms with E-state index in [1.807, 2.05) is 23.0 Å². The molecule has 0 unspecified atom stereocenters. The van der Waals surface area contributed by atoms with Crippen molar-refractivity contribution in [3.63, 3.8) is 0 Å². The summed E-state index contributed by atoms with van der Waals surface area (Å²) in [6.07, 6.45) is 4.99. The van der Waals surface area contributed by atoms with Crippen molar-refractivity contribution < 1.29 is 0 Å². The predicted molar refractivity (Wildman–Crippen MR) is 104 cm³/mol. The third-order valence-corrected chi connectivity index (χ3v) is 5.22. The zero-order valence-electron chi connectivity index (χ0n) is 15.6. The zero-order chi connectivity index (χ0) is 18.4. The molecule has 3 heterocycles. The van der Waals surface area contributed by atoms with Crippen molar-refractivity contribution in [2.45, 2.75) is 45.6 Å². The molecule has 0 radical (unpaired) electrons. The Balaban J connectivity index is 1.51. The minimum absolute atomic E-state index is 0.518. The van der Waals surface area contributed by atoms with Crippen LogP contribution in [0.3, 0.4) is 0 Å². The monoisotopic (exact) mass is 358 g/mol. The highest BCUT2D eigenvalue weighted by Crippen LogP contribution is 2.38. The van der Waals surface area contributed by atoms with Crippen molar-refractivity contribution in [3.05, 3.63) is 65.6 Å². The number of pyridine rings is 1. The van der Waals surface area contributed by atoms with Gasteiger partial charge in [0, 0.05) is 25.1 Å². The fraction of sp³-hybridized carbons (Fsp3) is 0.333. The second kappa shape index (κ2) is 6.30. The van der Waals surface area contributed by atoms with Crippen molar-refractivity contribution in [2.24, 2.45) is 0 Å². The summed E-state index contributed by atoms with van der Waals surface area (Å²) in [6, 6.07) is 12.3. The molecule has 0 atom stereocenters. The van der Waals surface area contributed by atoms with E-state index >= 15 is 0 Å². The van der Waals surface area contributed by atoms with Crippen LogP contribution in [0.4, 0.5) is 0 Å². The van der Waals surface area contributed by atoms with Crippen molar-refractivity contribution >= 4 is 11.0 Å². The van der Waals surface area contributed by atoms with E-state index in [1.165, 1.54) is 12.8 Å². The second-order valence-corrected chi connectivity index (χ2v) is 7.27. The van der Waals surface area contributed by atoms with Gasteiger partial charge in [-0.25, -0.2) is 15.0 Å². The summed E-state index contributed by atoms with van der Waals surface area (Å²) in [7, 11) is 0. The van der Waals surface area contributed by atoms with Gasteiger partial charge in [-0.3, -0.25) is 0 Å². The maximum atomic E-state index is 4.88. The number of aryl methyl sites for hydroxylation is 4. The molecule has 1 saturated carbocycles. The molecule has 27 heavy (non-hydrogen) atoms. The molecule has 4 aromatic rings. The van der Waals surface area contributed by atoms with E-state index in [0.717, 1.165) is 52.9 Å². The van der Waals surface area contributed by atoms with Crippen LogP contribution in [0.5, 0.6) is 0 Å². The smallest absolute Gasteiger partial charge is 0.158 e. The molecule has 0 saturated heterocycles. The largest absolute Gasteiger partial charge is 0.328 e. The lowest BCUT2D eigenvalue weighted by Gasteiger charge is -2.09. The summed E-state index contributed by atoms with van der Waals surface area (Å²) in [6.45, 7) is 4.95. The summed E-state index contributed by atoms with van der Waals surface area (Å²) in [5.74, 6) is 4.35. The van der Waals surface area contributed by atoms with Gasteiger partial charge in [0.2, 0.25) is 0 Å². The average molecular weight is 358 g/mol. The van der Waals surface area contributed by atoms with Gasteiger partial charge >= 0.3 is 0 Å². The summed E-state index contributed by atoms with van der Waals surface area (Å²) < 4.78 is 4.20. The van der Waals surface area contributed by atoms with Crippen LogP contribution in [0.1, 0.15) is 41.8 Å². The Morgan fingerprint density at radius 1 is 1.04 bits per heavy atom. The summed E-state index contributed by atoms with van der Waals surface area (Å²) in [5.41, 5.74) is 3.31. The van der Waals surface area contributed by atoms with Crippen LogP contribution in [0.15, 0.2) is 42.6 Å². The molecule has 0 spiro atoms. The lowest BCUT2D eigenvalue weighted by Crippen LogP contribution is -2.11. The van der Waals surface area contributed by atoms with Crippen molar-refractivity contribution in [1.29, 1.82) is 0 Å². The minimum Gasteiger partial charge on any atom is -0.328 e. The van der Waals surface area contributed by atoms with E-state index < -0.39 is 0 Å². The fourth-order valence-corrected chi connectivity index (χ4v) is 3.60. The van der Waals surface area contributed by atoms with E-state index in [4.69, 9.17) is 10.1 Å². The first-order chi connectivity index (χ1) is 13.2. The van der Waals surface area contributed by atoms with Gasteiger partial charge in [-0.05, 0) is 50.5 Å². The standard InChI is InChI=1S/C21H22N6/c1-14-6-5-12-22-21(14)27-19(24-20(25-27)16-9-10-16)11-13-26-15(2)23-17-7-3-4-8-18(17)26/h3-8,12,16H,9-11,13H2,1-2H3. The van der Waals surface area contributed by atoms with Crippen LogP contribution in [0.25, 0.3) is 16.9 Å². The van der Waals surface area contributed by atoms with Gasteiger partial charge in [-0.1, -0.05) is 18.2 Å². The van der Waals surface area contributed by atoms with Crippen LogP contribution in [0.2, 0.25) is 0 Å². The van der Waals surface area contributed by atoms with Crippen molar-refractivity contribution in [2.75, 3.05) is 0 Å². The minimum atomic E-state index is 0.518. The molecule has 0 amide bonds. The number of hydrogen-bond donors (Lipinski definition) is 0. The van der Waals surface area contributed by atoms with Crippen LogP contribution < -0.4 is 0 Å². The quantitative estimate of drug-likeness (QED) is 0.545. The first-order valence-corrected chi connectivity index (χ1v) is 9.50. The molecule has 0 aliphatic heterocycles. The lowest BCUT2D eigenvalue weighted by molar-refractivity contribution is 0.646. The molecule has 5 rings (SSSR count). The Morgan fingerprint density at radius 2 is 1.89 bits per heavy atom. The number of nitrogens with zero attached hydrogens (tertiary/aromatic N) is 6. The Kier molecular flexibility index (Phi) is 3.77. The molecule has 3 aromatic heterocycles. The molecule has 6 nitrogen and oxygen atoms in total. The van der Waals surface area contributed by atoms with Gasteiger partial charge in [0.1, 0.15) is 11.6 Å². The van der Waals surface area contributed by atoms with Gasteiger partial charge in [-0.15, -0.1) is 5.10 Å². The Bertz CT molecular complexity index is 1120. The van der Waals surface area contributed by atoms with E-state index in [2.05, 4.69) is 52.6 Å². The topological polar surface area (TPSA) is 61.4 Å². The average Bonchev–Trinajstić information content (AvgIpc) is 3.36. The molecule has 136 valence electrons. The molecular formula is C21H22N6. The van der Waals surface area contributed by atoms with E-state index in [1.54, 1.807) is 0 Å². The van der Waals surface area contributed by atoms with Crippen LogP contribution in [0, 0.1) is 13.8 Å². The van der Waals surface area contributed by atoms with Crippen molar-refractivity contribution in [3.8, 4) is 5.82 Å². The van der Waals surface area contributed by atoms with Crippen LogP contribution in [-0.4, -0.2) is 29.3 Å². The molecule has 1 fully saturated rings. The Labute approximate surface area is 157 Å². The van der Waals surface area contributed by atoms with Gasteiger partial charge in [0.25, 0.3) is 0 Å². The number of fused-ring (bicyclic) bond motifs is 1. The third-order valence-electron chi connectivity index (χ3n) is 5.22. The highest BCUT2D eigenvalue weighted by Gasteiger charge is 2.29. The van der Waals surface area contributed by atoms with Gasteiger partial charge in [0.05, 0.1) is 11.0 Å². The fourth-order valence-electron chi connectivity index (χ4n) is 3.60. The van der Waals surface area contributed by atoms with Crippen molar-refractivity contribution in [1.82, 2.24) is 29.3 Å². The van der Waals surface area contributed by atoms with E-state index in [0.29, 0.717) is 5.92 Å². The molecule has 1 aliphatic rings. The summed E-state index contributed by atoms with van der Waals surface area (Å²) in [4.78, 5) is 14.1. The maximum Gasteiger partial charge on any atom is 0.158 e. The number of hydrogen-bond acceptors (Lipinski definition) is 4. The summed E-state index contributed by atoms with van der Waals surface area (Å²) in [5, 5.41) is 4.81. The maximum absolute atomic E-state index is 4.88. The number of imidazole rings is 1. The third kappa shape index (κ3) is 2.91. The highest BCUT2D eigenvalue weighted by molar-refractivity contribution is 5.75. The molecular weight excluding hydrogens is 336 g/mol. The second-order valence-electron chi connectivity index (χ2n) is 7.27. The van der Waals surface area contributed by atoms with E-state index in [-0.39, 0.29) is 0 Å². The molecule has 6 heteroatoms. The molecule has 0 N–H and O–H groups in total. The van der Waals surface area contributed by atoms with Crippen LogP contribution >= 0.6 is 0 Å². The van der Waals surface area contributed by atoms with Gasteiger partial charge in [-0.2, -0.15) is 4.68 Å². The van der Waals surface area contributed by atoms with Gasteiger partial charge < -0.3 is 4.57 Å². The number of rotatable bonds is 5. The Morgan fingerprint density at radius 3 is 2.70 bits per heavy atom. The molecule has 1 aliphatic carbocycles. The lowest BCUT2D eigenvalue weighted by atomic mass is 10.3. The van der Waals surface area contributed by atoms with E-state index in [9.17, 15) is 0 Å². The predicted octanol–water partition coefficient (Wildman–Crippen LogP) is 3.75. The normalized spacial score (nSPS) is 14.1. The Hall–Kier alpha value is -3.02. The molecule has 0 bridgehead atoms. The van der Waals surface area contributed by atoms with Crippen LogP contribution in [-0.2, 0) is 13.0 Å². The number of para-hydroxylation sites is 2.